The van der Waals surface area contributed by atoms with E-state index in [0.29, 0.717) is 24.0 Å². The van der Waals surface area contributed by atoms with Crippen LogP contribution in [0.2, 0.25) is 0 Å². The minimum atomic E-state index is -0.0236. The predicted molar refractivity (Wildman–Crippen MR) is 92.6 cm³/mol. The summed E-state index contributed by atoms with van der Waals surface area (Å²) in [5, 5.41) is 0. The fourth-order valence-electron chi connectivity index (χ4n) is 4.28. The molecule has 0 aromatic carbocycles. The summed E-state index contributed by atoms with van der Waals surface area (Å²) in [5.74, 6) is 1.32. The molecule has 1 saturated carbocycles. The van der Waals surface area contributed by atoms with E-state index in [1.807, 2.05) is 0 Å². The molecule has 0 bridgehead atoms. The molecule has 23 heavy (non-hydrogen) atoms. The van der Waals surface area contributed by atoms with Crippen LogP contribution in [-0.4, -0.2) is 35.6 Å². The normalized spacial score (nSPS) is 40.6. The van der Waals surface area contributed by atoms with E-state index in [0.717, 1.165) is 25.9 Å². The highest BCUT2D eigenvalue weighted by Gasteiger charge is 2.58. The molecule has 2 aliphatic heterocycles. The SMILES string of the molecule is CC(C)CCOC(C)(CCC1OC1(C)C)C1CCC2(C)OC2C1. The second-order valence-corrected chi connectivity index (χ2v) is 9.48. The van der Waals surface area contributed by atoms with Crippen LogP contribution < -0.4 is 0 Å². The molecule has 3 heteroatoms. The highest BCUT2D eigenvalue weighted by molar-refractivity contribution is 5.07. The van der Waals surface area contributed by atoms with Crippen LogP contribution in [0.3, 0.4) is 0 Å². The van der Waals surface area contributed by atoms with E-state index in [1.54, 1.807) is 0 Å². The molecule has 3 rings (SSSR count). The van der Waals surface area contributed by atoms with Crippen molar-refractivity contribution in [2.24, 2.45) is 11.8 Å². The van der Waals surface area contributed by atoms with E-state index in [-0.39, 0.29) is 16.8 Å². The van der Waals surface area contributed by atoms with Gasteiger partial charge >= 0.3 is 0 Å². The monoisotopic (exact) mass is 324 g/mol. The molecule has 2 saturated heterocycles. The zero-order chi connectivity index (χ0) is 16.9. The number of hydrogen-bond donors (Lipinski definition) is 0. The maximum absolute atomic E-state index is 6.51. The van der Waals surface area contributed by atoms with Gasteiger partial charge in [-0.3, -0.25) is 0 Å². The van der Waals surface area contributed by atoms with Gasteiger partial charge in [-0.15, -0.1) is 0 Å². The first-order valence-electron chi connectivity index (χ1n) is 9.64. The summed E-state index contributed by atoms with van der Waals surface area (Å²) >= 11 is 0. The summed E-state index contributed by atoms with van der Waals surface area (Å²) < 4.78 is 18.2. The Labute approximate surface area is 142 Å². The van der Waals surface area contributed by atoms with Crippen molar-refractivity contribution in [3.8, 4) is 0 Å². The summed E-state index contributed by atoms with van der Waals surface area (Å²) in [5.41, 5.74) is 0.255. The molecule has 5 unspecified atom stereocenters. The number of rotatable bonds is 8. The Kier molecular flexibility index (Phi) is 4.61. The molecule has 2 heterocycles. The maximum Gasteiger partial charge on any atom is 0.0920 e. The Morgan fingerprint density at radius 2 is 1.91 bits per heavy atom. The summed E-state index contributed by atoms with van der Waals surface area (Å²) in [6, 6.07) is 0. The largest absolute Gasteiger partial charge is 0.375 e. The van der Waals surface area contributed by atoms with E-state index in [2.05, 4.69) is 41.5 Å². The van der Waals surface area contributed by atoms with Gasteiger partial charge in [0.2, 0.25) is 0 Å². The fourth-order valence-corrected chi connectivity index (χ4v) is 4.28. The minimum Gasteiger partial charge on any atom is -0.375 e. The van der Waals surface area contributed by atoms with Gasteiger partial charge in [0.25, 0.3) is 0 Å². The van der Waals surface area contributed by atoms with E-state index >= 15 is 0 Å². The molecule has 1 aliphatic carbocycles. The fraction of sp³-hybridized carbons (Fsp3) is 1.00. The molecule has 0 amide bonds. The van der Waals surface area contributed by atoms with Gasteiger partial charge < -0.3 is 14.2 Å². The summed E-state index contributed by atoms with van der Waals surface area (Å²) in [4.78, 5) is 0. The third kappa shape index (κ3) is 3.93. The van der Waals surface area contributed by atoms with Crippen LogP contribution in [0.1, 0.15) is 80.1 Å². The molecule has 0 aromatic heterocycles. The molecular formula is C20H36O3. The highest BCUT2D eigenvalue weighted by atomic mass is 16.6. The molecule has 3 nitrogen and oxygen atoms in total. The van der Waals surface area contributed by atoms with E-state index in [1.165, 1.54) is 19.3 Å². The molecule has 0 aromatic rings. The van der Waals surface area contributed by atoms with Crippen LogP contribution in [0.5, 0.6) is 0 Å². The Morgan fingerprint density at radius 1 is 1.22 bits per heavy atom. The Balaban J connectivity index is 1.58. The van der Waals surface area contributed by atoms with Gasteiger partial charge in [0, 0.05) is 6.61 Å². The lowest BCUT2D eigenvalue weighted by atomic mass is 9.72. The second kappa shape index (κ2) is 6.00. The van der Waals surface area contributed by atoms with Crippen LogP contribution in [0.25, 0.3) is 0 Å². The molecular weight excluding hydrogens is 288 g/mol. The van der Waals surface area contributed by atoms with Gasteiger partial charge in [-0.2, -0.15) is 0 Å². The van der Waals surface area contributed by atoms with Gasteiger partial charge in [0.1, 0.15) is 0 Å². The average molecular weight is 325 g/mol. The lowest BCUT2D eigenvalue weighted by Gasteiger charge is -2.40. The van der Waals surface area contributed by atoms with Gasteiger partial charge in [-0.25, -0.2) is 0 Å². The zero-order valence-electron chi connectivity index (χ0n) is 16.0. The molecule has 0 radical (unpaired) electrons. The van der Waals surface area contributed by atoms with Crippen molar-refractivity contribution in [2.75, 3.05) is 6.61 Å². The van der Waals surface area contributed by atoms with Crippen molar-refractivity contribution in [2.45, 2.75) is 109 Å². The molecule has 3 fully saturated rings. The standard InChI is InChI=1S/C20H36O3/c1-14(2)9-12-21-19(5,11-8-16-18(3,4)22-16)15-7-10-20(6)17(13-15)23-20/h14-17H,7-13H2,1-6H3. The maximum atomic E-state index is 6.51. The summed E-state index contributed by atoms with van der Waals surface area (Å²) in [7, 11) is 0. The second-order valence-electron chi connectivity index (χ2n) is 9.48. The number of epoxide rings is 2. The lowest BCUT2D eigenvalue weighted by Crippen LogP contribution is -2.42. The first-order valence-corrected chi connectivity index (χ1v) is 9.64. The van der Waals surface area contributed by atoms with Crippen LogP contribution >= 0.6 is 0 Å². The van der Waals surface area contributed by atoms with Gasteiger partial charge in [0.15, 0.2) is 0 Å². The lowest BCUT2D eigenvalue weighted by molar-refractivity contribution is -0.0928. The smallest absolute Gasteiger partial charge is 0.0920 e. The molecule has 0 N–H and O–H groups in total. The first kappa shape index (κ1) is 17.7. The Bertz CT molecular complexity index is 433. The van der Waals surface area contributed by atoms with Crippen LogP contribution in [0, 0.1) is 11.8 Å². The Hall–Kier alpha value is -0.120. The number of ether oxygens (including phenoxy) is 3. The van der Waals surface area contributed by atoms with Crippen molar-refractivity contribution < 1.29 is 14.2 Å². The highest BCUT2D eigenvalue weighted by Crippen LogP contribution is 2.53. The Morgan fingerprint density at radius 3 is 2.48 bits per heavy atom. The third-order valence-corrected chi connectivity index (χ3v) is 6.58. The third-order valence-electron chi connectivity index (χ3n) is 6.58. The molecule has 134 valence electrons. The summed E-state index contributed by atoms with van der Waals surface area (Å²) in [6.45, 7) is 14.4. The molecule has 5 atom stereocenters. The number of hydrogen-bond acceptors (Lipinski definition) is 3. The van der Waals surface area contributed by atoms with Crippen LogP contribution in [0.4, 0.5) is 0 Å². The van der Waals surface area contributed by atoms with Crippen LogP contribution in [0.15, 0.2) is 0 Å². The van der Waals surface area contributed by atoms with E-state index < -0.39 is 0 Å². The van der Waals surface area contributed by atoms with Gasteiger partial charge in [-0.05, 0) is 78.1 Å². The quantitative estimate of drug-likeness (QED) is 0.606. The molecule has 0 spiro atoms. The number of fused-ring (bicyclic) bond motifs is 1. The van der Waals surface area contributed by atoms with Crippen LogP contribution in [-0.2, 0) is 14.2 Å². The van der Waals surface area contributed by atoms with E-state index in [4.69, 9.17) is 14.2 Å². The van der Waals surface area contributed by atoms with Gasteiger partial charge in [-0.1, -0.05) is 13.8 Å². The van der Waals surface area contributed by atoms with Gasteiger partial charge in [0.05, 0.1) is 29.0 Å². The summed E-state index contributed by atoms with van der Waals surface area (Å²) in [6.07, 6.45) is 7.86. The van der Waals surface area contributed by atoms with Crippen molar-refractivity contribution in [1.29, 1.82) is 0 Å². The van der Waals surface area contributed by atoms with E-state index in [9.17, 15) is 0 Å². The van der Waals surface area contributed by atoms with Crippen molar-refractivity contribution in [3.63, 3.8) is 0 Å². The topological polar surface area (TPSA) is 34.3 Å². The molecule has 3 aliphatic rings. The zero-order valence-corrected chi connectivity index (χ0v) is 16.0. The van der Waals surface area contributed by atoms with Crippen molar-refractivity contribution >= 4 is 0 Å². The van der Waals surface area contributed by atoms with Crippen molar-refractivity contribution in [3.05, 3.63) is 0 Å². The first-order chi connectivity index (χ1) is 10.6. The minimum absolute atomic E-state index is 0.0236. The average Bonchev–Trinajstić information content (AvgIpc) is 3.29. The predicted octanol–water partition coefficient (Wildman–Crippen LogP) is 4.72. The van der Waals surface area contributed by atoms with Crippen molar-refractivity contribution in [1.82, 2.24) is 0 Å².